The number of hydrogen-bond donors (Lipinski definition) is 0. The van der Waals surface area contributed by atoms with Crippen LogP contribution in [-0.2, 0) is 33.9 Å². The highest BCUT2D eigenvalue weighted by molar-refractivity contribution is 5.91. The van der Waals surface area contributed by atoms with Gasteiger partial charge in [0.15, 0.2) is 5.54 Å². The number of carbonyl (C=O) groups is 2. The molecule has 0 aliphatic carbocycles. The van der Waals surface area contributed by atoms with E-state index >= 15 is 13.2 Å². The molecule has 1 heterocycles. The molecule has 15 heteroatoms. The number of benzene rings is 2. The van der Waals surface area contributed by atoms with Crippen LogP contribution in [0.3, 0.4) is 0 Å². The standard InChI is InChI=1S/C26H25F9N2O4/c1-4-18-13-23(26(33,34)35,19-8-6-7-9-20(19)37(18)22(39)41-5-2)36(21(38)40-3)14-15-10-16(24(27,28)29)12-17(11-15)25(30,31)32/h6-12,18H,4-5,13-14H2,1-3H3/t18-,23+/m1/s1. The van der Waals surface area contributed by atoms with E-state index in [1.165, 1.54) is 32.0 Å². The van der Waals surface area contributed by atoms with Gasteiger partial charge in [0.2, 0.25) is 0 Å². The molecule has 0 fully saturated rings. The summed E-state index contributed by atoms with van der Waals surface area (Å²) in [6.45, 7) is 1.50. The fraction of sp³-hybridized carbons (Fsp3) is 0.462. The summed E-state index contributed by atoms with van der Waals surface area (Å²) >= 11 is 0. The van der Waals surface area contributed by atoms with Gasteiger partial charge in [0.25, 0.3) is 0 Å². The third kappa shape index (κ3) is 6.03. The second-order valence-corrected chi connectivity index (χ2v) is 9.18. The van der Waals surface area contributed by atoms with Gasteiger partial charge in [-0.3, -0.25) is 9.80 Å². The van der Waals surface area contributed by atoms with Gasteiger partial charge in [-0.05, 0) is 43.2 Å². The first kappa shape index (κ1) is 31.9. The molecule has 1 aliphatic heterocycles. The Balaban J connectivity index is 2.34. The van der Waals surface area contributed by atoms with Crippen LogP contribution in [0.2, 0.25) is 0 Å². The molecule has 2 aromatic rings. The number of ether oxygens (including phenoxy) is 2. The summed E-state index contributed by atoms with van der Waals surface area (Å²) in [5.74, 6) is 0. The summed E-state index contributed by atoms with van der Waals surface area (Å²) in [6, 6.07) is 3.74. The molecule has 3 rings (SSSR count). The Morgan fingerprint density at radius 3 is 1.98 bits per heavy atom. The molecule has 0 spiro atoms. The van der Waals surface area contributed by atoms with E-state index in [1.807, 2.05) is 0 Å². The SMILES string of the molecule is CCOC(=O)N1c2ccccc2[C@](N(Cc2cc(C(F)(F)F)cc(C(F)(F)F)c2)C(=O)OC)(C(F)(F)F)C[C@H]1CC. The largest absolute Gasteiger partial charge is 0.453 e. The number of halogens is 9. The van der Waals surface area contributed by atoms with Gasteiger partial charge >= 0.3 is 30.7 Å². The lowest BCUT2D eigenvalue weighted by atomic mass is 9.75. The third-order valence-electron chi connectivity index (χ3n) is 6.75. The molecule has 0 aromatic heterocycles. The van der Waals surface area contributed by atoms with Gasteiger partial charge in [0, 0.05) is 18.0 Å². The minimum absolute atomic E-state index is 0.0621. The molecule has 226 valence electrons. The number of hydrogen-bond acceptors (Lipinski definition) is 4. The number of nitrogens with zero attached hydrogens (tertiary/aromatic N) is 2. The average Bonchev–Trinajstić information content (AvgIpc) is 2.88. The number of anilines is 1. The number of methoxy groups -OCH3 is 1. The number of fused-ring (bicyclic) bond motifs is 1. The van der Waals surface area contributed by atoms with E-state index in [0.717, 1.165) is 18.1 Å². The molecule has 2 amide bonds. The van der Waals surface area contributed by atoms with Crippen molar-refractivity contribution in [1.82, 2.24) is 4.90 Å². The van der Waals surface area contributed by atoms with E-state index in [2.05, 4.69) is 4.74 Å². The second-order valence-electron chi connectivity index (χ2n) is 9.18. The summed E-state index contributed by atoms with van der Waals surface area (Å²) < 4.78 is 136. The van der Waals surface area contributed by atoms with E-state index in [4.69, 9.17) is 4.74 Å². The van der Waals surface area contributed by atoms with Crippen LogP contribution < -0.4 is 4.90 Å². The Labute approximate surface area is 228 Å². The van der Waals surface area contributed by atoms with Crippen molar-refractivity contribution >= 4 is 17.9 Å². The number of alkyl halides is 9. The van der Waals surface area contributed by atoms with Crippen LogP contribution in [0.4, 0.5) is 54.8 Å². The first-order valence-corrected chi connectivity index (χ1v) is 12.2. The fourth-order valence-corrected chi connectivity index (χ4v) is 4.98. The monoisotopic (exact) mass is 600 g/mol. The van der Waals surface area contributed by atoms with Crippen LogP contribution in [0.1, 0.15) is 48.9 Å². The van der Waals surface area contributed by atoms with Crippen LogP contribution in [-0.4, -0.2) is 43.0 Å². The molecule has 0 bridgehead atoms. The summed E-state index contributed by atoms with van der Waals surface area (Å²) in [7, 11) is 0.726. The molecule has 6 nitrogen and oxygen atoms in total. The molecular weight excluding hydrogens is 575 g/mol. The first-order chi connectivity index (χ1) is 18.9. The Bertz CT molecular complexity index is 1240. The molecule has 0 saturated carbocycles. The van der Waals surface area contributed by atoms with Crippen LogP contribution in [0.5, 0.6) is 0 Å². The quantitative estimate of drug-likeness (QED) is 0.328. The Kier molecular flexibility index (Phi) is 8.80. The van der Waals surface area contributed by atoms with Crippen molar-refractivity contribution in [2.75, 3.05) is 18.6 Å². The lowest BCUT2D eigenvalue weighted by molar-refractivity contribution is -0.238. The van der Waals surface area contributed by atoms with Crippen molar-refractivity contribution in [2.45, 2.75) is 63.3 Å². The number of rotatable bonds is 5. The fourth-order valence-electron chi connectivity index (χ4n) is 4.98. The molecule has 41 heavy (non-hydrogen) atoms. The summed E-state index contributed by atoms with van der Waals surface area (Å²) in [5, 5.41) is 0. The number of para-hydroxylation sites is 1. The van der Waals surface area contributed by atoms with Gasteiger partial charge in [-0.25, -0.2) is 9.59 Å². The minimum Gasteiger partial charge on any atom is -0.453 e. The van der Waals surface area contributed by atoms with Gasteiger partial charge in [0.1, 0.15) is 0 Å². The zero-order valence-corrected chi connectivity index (χ0v) is 21.9. The maximum Gasteiger partial charge on any atom is 0.416 e. The summed E-state index contributed by atoms with van der Waals surface area (Å²) in [5.41, 5.74) is -8.67. The van der Waals surface area contributed by atoms with E-state index < -0.39 is 77.5 Å². The molecular formula is C26H25F9N2O4. The lowest BCUT2D eigenvalue weighted by Gasteiger charge is -2.52. The van der Waals surface area contributed by atoms with Crippen molar-refractivity contribution in [3.8, 4) is 0 Å². The summed E-state index contributed by atoms with van der Waals surface area (Å²) in [4.78, 5) is 26.9. The highest BCUT2D eigenvalue weighted by Gasteiger charge is 2.65. The normalized spacial score (nSPS) is 19.4. The van der Waals surface area contributed by atoms with Crippen LogP contribution in [0.15, 0.2) is 42.5 Å². The van der Waals surface area contributed by atoms with Crippen LogP contribution in [0.25, 0.3) is 0 Å². The van der Waals surface area contributed by atoms with Gasteiger partial charge in [-0.15, -0.1) is 0 Å². The topological polar surface area (TPSA) is 59.1 Å². The van der Waals surface area contributed by atoms with Gasteiger partial charge in [-0.1, -0.05) is 25.1 Å². The summed E-state index contributed by atoms with van der Waals surface area (Å²) in [6.07, 6.45) is -19.6. The Morgan fingerprint density at radius 2 is 1.51 bits per heavy atom. The van der Waals surface area contributed by atoms with Crippen molar-refractivity contribution < 1.29 is 58.6 Å². The number of carbonyl (C=O) groups excluding carboxylic acids is 2. The molecule has 2 aromatic carbocycles. The third-order valence-corrected chi connectivity index (χ3v) is 6.75. The van der Waals surface area contributed by atoms with E-state index in [1.54, 1.807) is 0 Å². The Hall–Kier alpha value is -3.65. The van der Waals surface area contributed by atoms with Crippen LogP contribution in [0, 0.1) is 0 Å². The van der Waals surface area contributed by atoms with Gasteiger partial charge in [0.05, 0.1) is 37.1 Å². The Morgan fingerprint density at radius 1 is 0.951 bits per heavy atom. The minimum atomic E-state index is -5.35. The van der Waals surface area contributed by atoms with Crippen molar-refractivity contribution in [3.05, 3.63) is 64.7 Å². The van der Waals surface area contributed by atoms with Crippen molar-refractivity contribution in [3.63, 3.8) is 0 Å². The smallest absolute Gasteiger partial charge is 0.416 e. The van der Waals surface area contributed by atoms with Gasteiger partial charge < -0.3 is 9.47 Å². The molecule has 0 unspecified atom stereocenters. The van der Waals surface area contributed by atoms with E-state index in [0.29, 0.717) is 0 Å². The molecule has 1 aliphatic rings. The molecule has 0 radical (unpaired) electrons. The van der Waals surface area contributed by atoms with Crippen LogP contribution >= 0.6 is 0 Å². The van der Waals surface area contributed by atoms with E-state index in [9.17, 15) is 35.9 Å². The molecule has 0 N–H and O–H groups in total. The lowest BCUT2D eigenvalue weighted by Crippen LogP contribution is -2.64. The zero-order valence-electron chi connectivity index (χ0n) is 21.9. The highest BCUT2D eigenvalue weighted by Crippen LogP contribution is 2.55. The first-order valence-electron chi connectivity index (χ1n) is 12.2. The van der Waals surface area contributed by atoms with Gasteiger partial charge in [-0.2, -0.15) is 39.5 Å². The maximum atomic E-state index is 15.3. The maximum absolute atomic E-state index is 15.3. The average molecular weight is 600 g/mol. The number of amides is 2. The zero-order chi connectivity index (χ0) is 31.0. The predicted molar refractivity (Wildman–Crippen MR) is 127 cm³/mol. The predicted octanol–water partition coefficient (Wildman–Crippen LogP) is 7.90. The molecule has 0 saturated heterocycles. The van der Waals surface area contributed by atoms with E-state index in [-0.39, 0.29) is 41.8 Å². The van der Waals surface area contributed by atoms with Crippen molar-refractivity contribution in [2.24, 2.45) is 0 Å². The highest BCUT2D eigenvalue weighted by atomic mass is 19.4. The van der Waals surface area contributed by atoms with Crippen molar-refractivity contribution in [1.29, 1.82) is 0 Å². The second kappa shape index (κ2) is 11.3. The molecule has 2 atom stereocenters.